The van der Waals surface area contributed by atoms with Gasteiger partial charge < -0.3 is 4.74 Å². The zero-order valence-corrected chi connectivity index (χ0v) is 11.5. The number of carbonyl (C=O) groups excluding carboxylic acids is 1. The summed E-state index contributed by atoms with van der Waals surface area (Å²) < 4.78 is 4.65. The van der Waals surface area contributed by atoms with Gasteiger partial charge in [0.05, 0.1) is 24.1 Å². The lowest BCUT2D eigenvalue weighted by Gasteiger charge is -2.04. The van der Waals surface area contributed by atoms with E-state index in [1.807, 2.05) is 37.3 Å². The Morgan fingerprint density at radius 3 is 2.25 bits per heavy atom. The number of esters is 1. The third kappa shape index (κ3) is 3.45. The molecule has 4 heteroatoms. The first-order valence-electron chi connectivity index (χ1n) is 6.25. The lowest BCUT2D eigenvalue weighted by atomic mass is 10.1. The Morgan fingerprint density at radius 1 is 1.00 bits per heavy atom. The Labute approximate surface area is 118 Å². The van der Waals surface area contributed by atoms with Gasteiger partial charge in [0.15, 0.2) is 0 Å². The van der Waals surface area contributed by atoms with Crippen LogP contribution in [0.4, 0.5) is 5.69 Å². The third-order valence-electron chi connectivity index (χ3n) is 2.85. The maximum Gasteiger partial charge on any atom is 0.337 e. The van der Waals surface area contributed by atoms with E-state index in [4.69, 9.17) is 0 Å². The van der Waals surface area contributed by atoms with Crippen molar-refractivity contribution >= 4 is 17.4 Å². The molecule has 0 unspecified atom stereocenters. The van der Waals surface area contributed by atoms with E-state index in [1.54, 1.807) is 24.3 Å². The molecular formula is C16H16N2O2. The number of ether oxygens (including phenoxy) is 1. The summed E-state index contributed by atoms with van der Waals surface area (Å²) in [5.41, 5.74) is 6.24. The van der Waals surface area contributed by atoms with Crippen molar-refractivity contribution in [3.63, 3.8) is 0 Å². The van der Waals surface area contributed by atoms with Crippen molar-refractivity contribution in [1.82, 2.24) is 0 Å². The second-order valence-corrected chi connectivity index (χ2v) is 4.24. The third-order valence-corrected chi connectivity index (χ3v) is 2.85. The molecule has 0 aromatic heterocycles. The molecule has 0 amide bonds. The summed E-state index contributed by atoms with van der Waals surface area (Å²) in [5.74, 6) is -0.347. The SMILES string of the molecule is COC(=O)c1ccc(N/N=C(/C)c2ccccc2)cc1. The predicted molar refractivity (Wildman–Crippen MR) is 80.1 cm³/mol. The zero-order valence-electron chi connectivity index (χ0n) is 11.5. The van der Waals surface area contributed by atoms with E-state index >= 15 is 0 Å². The normalized spacial score (nSPS) is 11.0. The van der Waals surface area contributed by atoms with Crippen LogP contribution in [0.5, 0.6) is 0 Å². The Balaban J connectivity index is 2.05. The van der Waals surface area contributed by atoms with E-state index in [-0.39, 0.29) is 5.97 Å². The number of nitrogens with zero attached hydrogens (tertiary/aromatic N) is 1. The summed E-state index contributed by atoms with van der Waals surface area (Å²) in [6, 6.07) is 16.9. The van der Waals surface area contributed by atoms with Crippen LogP contribution in [-0.2, 0) is 4.74 Å². The van der Waals surface area contributed by atoms with Crippen LogP contribution in [0.25, 0.3) is 0 Å². The van der Waals surface area contributed by atoms with Gasteiger partial charge >= 0.3 is 5.97 Å². The molecule has 2 aromatic rings. The fourth-order valence-corrected chi connectivity index (χ4v) is 1.69. The maximum absolute atomic E-state index is 11.3. The summed E-state index contributed by atoms with van der Waals surface area (Å²) in [6.45, 7) is 1.94. The average Bonchev–Trinajstić information content (AvgIpc) is 2.53. The number of hydrogen-bond acceptors (Lipinski definition) is 4. The molecule has 1 N–H and O–H groups in total. The van der Waals surface area contributed by atoms with Gasteiger partial charge in [-0.05, 0) is 36.8 Å². The van der Waals surface area contributed by atoms with Gasteiger partial charge in [0, 0.05) is 0 Å². The Kier molecular flexibility index (Phi) is 4.50. The first-order valence-corrected chi connectivity index (χ1v) is 6.25. The maximum atomic E-state index is 11.3. The molecule has 0 spiro atoms. The fourth-order valence-electron chi connectivity index (χ4n) is 1.69. The lowest BCUT2D eigenvalue weighted by molar-refractivity contribution is 0.0601. The second-order valence-electron chi connectivity index (χ2n) is 4.24. The lowest BCUT2D eigenvalue weighted by Crippen LogP contribution is -2.02. The van der Waals surface area contributed by atoms with Gasteiger partial charge in [-0.2, -0.15) is 5.10 Å². The molecule has 0 aliphatic carbocycles. The van der Waals surface area contributed by atoms with Crippen molar-refractivity contribution < 1.29 is 9.53 Å². The molecule has 0 aliphatic heterocycles. The van der Waals surface area contributed by atoms with E-state index in [2.05, 4.69) is 15.3 Å². The zero-order chi connectivity index (χ0) is 14.4. The average molecular weight is 268 g/mol. The van der Waals surface area contributed by atoms with Crippen LogP contribution in [0.1, 0.15) is 22.8 Å². The minimum atomic E-state index is -0.347. The Morgan fingerprint density at radius 2 is 1.65 bits per heavy atom. The van der Waals surface area contributed by atoms with Gasteiger partial charge in [0.25, 0.3) is 0 Å². The van der Waals surface area contributed by atoms with Crippen LogP contribution in [0.2, 0.25) is 0 Å². The molecule has 0 aliphatic rings. The van der Waals surface area contributed by atoms with Crippen molar-refractivity contribution in [2.24, 2.45) is 5.10 Å². The number of rotatable bonds is 4. The van der Waals surface area contributed by atoms with E-state index in [1.165, 1.54) is 7.11 Å². The van der Waals surface area contributed by atoms with Crippen molar-refractivity contribution in [3.8, 4) is 0 Å². The minimum absolute atomic E-state index is 0.347. The van der Waals surface area contributed by atoms with E-state index in [0.717, 1.165) is 17.0 Å². The molecule has 0 fully saturated rings. The number of hydrazone groups is 1. The summed E-state index contributed by atoms with van der Waals surface area (Å²) in [4.78, 5) is 11.3. The summed E-state index contributed by atoms with van der Waals surface area (Å²) in [7, 11) is 1.36. The van der Waals surface area contributed by atoms with Crippen molar-refractivity contribution in [1.29, 1.82) is 0 Å². The quantitative estimate of drug-likeness (QED) is 0.526. The predicted octanol–water partition coefficient (Wildman–Crippen LogP) is 3.31. The largest absolute Gasteiger partial charge is 0.465 e. The monoisotopic (exact) mass is 268 g/mol. The molecule has 0 radical (unpaired) electrons. The molecule has 0 bridgehead atoms. The molecule has 4 nitrogen and oxygen atoms in total. The standard InChI is InChI=1S/C16H16N2O2/c1-12(13-6-4-3-5-7-13)17-18-15-10-8-14(9-11-15)16(19)20-2/h3-11,18H,1-2H3/b17-12-. The number of anilines is 1. The van der Waals surface area contributed by atoms with Crippen LogP contribution >= 0.6 is 0 Å². The van der Waals surface area contributed by atoms with Crippen LogP contribution in [0.3, 0.4) is 0 Å². The highest BCUT2D eigenvalue weighted by atomic mass is 16.5. The number of hydrogen-bond donors (Lipinski definition) is 1. The second kappa shape index (κ2) is 6.52. The topological polar surface area (TPSA) is 50.7 Å². The Bertz CT molecular complexity index is 604. The van der Waals surface area contributed by atoms with E-state index < -0.39 is 0 Å². The summed E-state index contributed by atoms with van der Waals surface area (Å²) in [6.07, 6.45) is 0. The van der Waals surface area contributed by atoms with E-state index in [9.17, 15) is 4.79 Å². The molecule has 102 valence electrons. The molecule has 0 atom stereocenters. The highest BCUT2D eigenvalue weighted by Gasteiger charge is 2.03. The first-order chi connectivity index (χ1) is 9.70. The van der Waals surface area contributed by atoms with Crippen LogP contribution in [0.15, 0.2) is 59.7 Å². The van der Waals surface area contributed by atoms with Crippen LogP contribution in [0, 0.1) is 0 Å². The molecule has 2 rings (SSSR count). The van der Waals surface area contributed by atoms with Gasteiger partial charge in [-0.15, -0.1) is 0 Å². The fraction of sp³-hybridized carbons (Fsp3) is 0.125. The molecule has 2 aromatic carbocycles. The summed E-state index contributed by atoms with van der Waals surface area (Å²) in [5, 5.41) is 4.31. The van der Waals surface area contributed by atoms with Crippen molar-refractivity contribution in [3.05, 3.63) is 65.7 Å². The van der Waals surface area contributed by atoms with Gasteiger partial charge in [-0.1, -0.05) is 30.3 Å². The molecule has 20 heavy (non-hydrogen) atoms. The number of methoxy groups -OCH3 is 1. The summed E-state index contributed by atoms with van der Waals surface area (Å²) >= 11 is 0. The minimum Gasteiger partial charge on any atom is -0.465 e. The highest BCUT2D eigenvalue weighted by molar-refractivity contribution is 5.99. The first kappa shape index (κ1) is 13.8. The van der Waals surface area contributed by atoms with Crippen molar-refractivity contribution in [2.75, 3.05) is 12.5 Å². The number of nitrogens with one attached hydrogen (secondary N) is 1. The number of benzene rings is 2. The van der Waals surface area contributed by atoms with Crippen LogP contribution in [-0.4, -0.2) is 18.8 Å². The molecule has 0 heterocycles. The van der Waals surface area contributed by atoms with Crippen molar-refractivity contribution in [2.45, 2.75) is 6.92 Å². The molecule has 0 saturated heterocycles. The molecule has 0 saturated carbocycles. The van der Waals surface area contributed by atoms with Gasteiger partial charge in [-0.25, -0.2) is 4.79 Å². The van der Waals surface area contributed by atoms with Gasteiger partial charge in [0.2, 0.25) is 0 Å². The van der Waals surface area contributed by atoms with Crippen LogP contribution < -0.4 is 5.43 Å². The smallest absolute Gasteiger partial charge is 0.337 e. The Hall–Kier alpha value is -2.62. The van der Waals surface area contributed by atoms with E-state index in [0.29, 0.717) is 5.56 Å². The number of carbonyl (C=O) groups is 1. The highest BCUT2D eigenvalue weighted by Crippen LogP contribution is 2.11. The van der Waals surface area contributed by atoms with Gasteiger partial charge in [-0.3, -0.25) is 5.43 Å². The molecular weight excluding hydrogens is 252 g/mol. The van der Waals surface area contributed by atoms with Gasteiger partial charge in [0.1, 0.15) is 0 Å².